The molecule has 0 bridgehead atoms. The molecule has 0 spiro atoms. The number of anilines is 1. The Kier molecular flexibility index (Phi) is 5.60. The second-order valence-electron chi connectivity index (χ2n) is 8.13. The van der Waals surface area contributed by atoms with Gasteiger partial charge in [0, 0.05) is 25.8 Å². The molecule has 1 aromatic heterocycles. The number of rotatable bonds is 6. The molecule has 2 fully saturated rings. The lowest BCUT2D eigenvalue weighted by molar-refractivity contribution is 0.0261. The Bertz CT molecular complexity index is 1210. The number of pyridine rings is 1. The van der Waals surface area contributed by atoms with E-state index in [1.165, 1.54) is 25.1 Å². The summed E-state index contributed by atoms with van der Waals surface area (Å²) in [5, 5.41) is 2.43. The first-order valence-corrected chi connectivity index (χ1v) is 12.4. The first-order valence-electron chi connectivity index (χ1n) is 10.5. The normalized spacial score (nSPS) is 19.6. The fourth-order valence-electron chi connectivity index (χ4n) is 4.12. The van der Waals surface area contributed by atoms with Crippen LogP contribution >= 0.6 is 11.6 Å². The maximum Gasteiger partial charge on any atom is 0.242 e. The molecule has 1 aliphatic carbocycles. The number of nitrogens with one attached hydrogen (secondary N) is 1. The van der Waals surface area contributed by atoms with Crippen LogP contribution in [-0.4, -0.2) is 39.2 Å². The molecule has 1 N–H and O–H groups in total. The molecule has 0 radical (unpaired) electrons. The molecule has 2 aliphatic rings. The molecule has 2 heterocycles. The smallest absolute Gasteiger partial charge is 0.242 e. The van der Waals surface area contributed by atoms with Crippen LogP contribution in [0.2, 0.25) is 5.02 Å². The topological polar surface area (TPSA) is 71.5 Å². The number of nitrogens with zero attached hydrogens (tertiary/aromatic N) is 2. The van der Waals surface area contributed by atoms with Crippen molar-refractivity contribution in [2.75, 3.05) is 24.6 Å². The monoisotopic (exact) mass is 457 g/mol. The van der Waals surface area contributed by atoms with E-state index in [0.717, 1.165) is 22.9 Å². The minimum Gasteiger partial charge on any atom is -0.374 e. The van der Waals surface area contributed by atoms with E-state index in [0.29, 0.717) is 29.9 Å². The molecular formula is C23H24ClN3O3S. The van der Waals surface area contributed by atoms with E-state index in [4.69, 9.17) is 16.3 Å². The first-order chi connectivity index (χ1) is 15.0. The van der Waals surface area contributed by atoms with Gasteiger partial charge in [-0.2, -0.15) is 0 Å². The van der Waals surface area contributed by atoms with Crippen LogP contribution in [0.3, 0.4) is 0 Å². The van der Waals surface area contributed by atoms with Crippen molar-refractivity contribution in [1.29, 1.82) is 0 Å². The van der Waals surface area contributed by atoms with Gasteiger partial charge in [-0.1, -0.05) is 54.1 Å². The van der Waals surface area contributed by atoms with Crippen LogP contribution in [0.25, 0.3) is 10.8 Å². The summed E-state index contributed by atoms with van der Waals surface area (Å²) >= 11 is 6.47. The van der Waals surface area contributed by atoms with Gasteiger partial charge in [0.05, 0.1) is 17.7 Å². The van der Waals surface area contributed by atoms with Crippen LogP contribution in [0.4, 0.5) is 5.82 Å². The Morgan fingerprint density at radius 1 is 1.16 bits per heavy atom. The maximum absolute atomic E-state index is 12.9. The van der Waals surface area contributed by atoms with Gasteiger partial charge in [0.2, 0.25) is 10.0 Å². The Morgan fingerprint density at radius 2 is 1.97 bits per heavy atom. The number of aromatic nitrogens is 1. The first kappa shape index (κ1) is 20.7. The number of fused-ring (bicyclic) bond motifs is 1. The van der Waals surface area contributed by atoms with Crippen LogP contribution < -0.4 is 9.62 Å². The molecular weight excluding hydrogens is 434 g/mol. The largest absolute Gasteiger partial charge is 0.374 e. The molecule has 0 amide bonds. The third-order valence-corrected chi connectivity index (χ3v) is 7.63. The fraction of sp³-hybridized carbons (Fsp3) is 0.348. The minimum atomic E-state index is -3.75. The van der Waals surface area contributed by atoms with E-state index in [-0.39, 0.29) is 17.5 Å². The van der Waals surface area contributed by atoms with Crippen molar-refractivity contribution in [2.45, 2.75) is 30.4 Å². The van der Waals surface area contributed by atoms with Crippen molar-refractivity contribution < 1.29 is 13.2 Å². The van der Waals surface area contributed by atoms with Crippen molar-refractivity contribution in [1.82, 2.24) is 9.71 Å². The quantitative estimate of drug-likeness (QED) is 0.606. The predicted molar refractivity (Wildman–Crippen MR) is 122 cm³/mol. The molecule has 1 unspecified atom stereocenters. The van der Waals surface area contributed by atoms with Gasteiger partial charge in [-0.25, -0.2) is 18.1 Å². The second-order valence-corrected chi connectivity index (χ2v) is 10.3. The van der Waals surface area contributed by atoms with Gasteiger partial charge in [0.1, 0.15) is 10.7 Å². The van der Waals surface area contributed by atoms with Gasteiger partial charge in [-0.15, -0.1) is 0 Å². The lowest BCUT2D eigenvalue weighted by Gasteiger charge is -2.34. The summed E-state index contributed by atoms with van der Waals surface area (Å²) in [5.41, 5.74) is 0.914. The lowest BCUT2D eigenvalue weighted by atomic mass is 10.1. The van der Waals surface area contributed by atoms with E-state index in [2.05, 4.69) is 14.6 Å². The predicted octanol–water partition coefficient (Wildman–Crippen LogP) is 3.98. The van der Waals surface area contributed by atoms with Gasteiger partial charge in [0.25, 0.3) is 0 Å². The van der Waals surface area contributed by atoms with E-state index < -0.39 is 10.0 Å². The molecule has 5 rings (SSSR count). The summed E-state index contributed by atoms with van der Waals surface area (Å²) in [6, 6.07) is 15.3. The SMILES string of the molecule is O=S(=O)(NCc1cccc2ccccc12)c1cnc(N2CCOC(C3CC3)C2)c(Cl)c1. The molecule has 162 valence electrons. The number of hydrogen-bond donors (Lipinski definition) is 1. The Balaban J connectivity index is 1.32. The number of sulfonamides is 1. The molecule has 1 saturated heterocycles. The van der Waals surface area contributed by atoms with Crippen molar-refractivity contribution in [2.24, 2.45) is 5.92 Å². The fourth-order valence-corrected chi connectivity index (χ4v) is 5.44. The number of morpholine rings is 1. The molecule has 1 atom stereocenters. The van der Waals surface area contributed by atoms with E-state index in [1.54, 1.807) is 0 Å². The zero-order valence-electron chi connectivity index (χ0n) is 17.0. The Morgan fingerprint density at radius 3 is 2.77 bits per heavy atom. The summed E-state index contributed by atoms with van der Waals surface area (Å²) in [5.74, 6) is 1.24. The highest BCUT2D eigenvalue weighted by Crippen LogP contribution is 2.37. The molecule has 8 heteroatoms. The third kappa shape index (κ3) is 4.41. The van der Waals surface area contributed by atoms with Crippen molar-refractivity contribution in [3.05, 3.63) is 65.3 Å². The van der Waals surface area contributed by atoms with Gasteiger partial charge < -0.3 is 9.64 Å². The van der Waals surface area contributed by atoms with Crippen LogP contribution in [0.5, 0.6) is 0 Å². The third-order valence-electron chi connectivity index (χ3n) is 5.98. The minimum absolute atomic E-state index is 0.0634. The van der Waals surface area contributed by atoms with Crippen LogP contribution in [0.1, 0.15) is 18.4 Å². The lowest BCUT2D eigenvalue weighted by Crippen LogP contribution is -2.44. The summed E-state index contributed by atoms with van der Waals surface area (Å²) in [6.07, 6.45) is 4.00. The zero-order chi connectivity index (χ0) is 21.4. The van der Waals surface area contributed by atoms with Crippen molar-refractivity contribution >= 4 is 38.2 Å². The van der Waals surface area contributed by atoms with Gasteiger partial charge >= 0.3 is 0 Å². The summed E-state index contributed by atoms with van der Waals surface area (Å²) in [4.78, 5) is 6.56. The van der Waals surface area contributed by atoms with E-state index >= 15 is 0 Å². The van der Waals surface area contributed by atoms with Gasteiger partial charge in [0.15, 0.2) is 0 Å². The average molecular weight is 458 g/mol. The van der Waals surface area contributed by atoms with E-state index in [1.807, 2.05) is 42.5 Å². The molecule has 6 nitrogen and oxygen atoms in total. The molecule has 1 aliphatic heterocycles. The molecule has 1 saturated carbocycles. The molecule has 31 heavy (non-hydrogen) atoms. The number of benzene rings is 2. The highest BCUT2D eigenvalue weighted by Gasteiger charge is 2.36. The molecule has 3 aromatic rings. The number of hydrogen-bond acceptors (Lipinski definition) is 5. The van der Waals surface area contributed by atoms with Crippen molar-refractivity contribution in [3.8, 4) is 0 Å². The average Bonchev–Trinajstić information content (AvgIpc) is 3.63. The Hall–Kier alpha value is -2.19. The zero-order valence-corrected chi connectivity index (χ0v) is 18.6. The maximum atomic E-state index is 12.9. The van der Waals surface area contributed by atoms with Crippen LogP contribution in [-0.2, 0) is 21.3 Å². The number of halogens is 1. The summed E-state index contributed by atoms with van der Waals surface area (Å²) in [6.45, 7) is 2.26. The Labute approximate surface area is 187 Å². The van der Waals surface area contributed by atoms with Gasteiger partial charge in [-0.05, 0) is 41.2 Å². The molecule has 2 aromatic carbocycles. The standard InChI is InChI=1S/C23H24ClN3O3S/c24-21-12-19(14-25-23(21)27-10-11-30-22(15-27)17-8-9-17)31(28,29)26-13-18-6-3-5-16-4-1-2-7-20(16)18/h1-7,12,14,17,22,26H,8-11,13,15H2. The van der Waals surface area contributed by atoms with Crippen LogP contribution in [0.15, 0.2) is 59.6 Å². The highest BCUT2D eigenvalue weighted by molar-refractivity contribution is 7.89. The number of ether oxygens (including phenoxy) is 1. The van der Waals surface area contributed by atoms with Gasteiger partial charge in [-0.3, -0.25) is 0 Å². The summed E-state index contributed by atoms with van der Waals surface area (Å²) < 4.78 is 34.3. The highest BCUT2D eigenvalue weighted by atomic mass is 35.5. The van der Waals surface area contributed by atoms with E-state index in [9.17, 15) is 8.42 Å². The van der Waals surface area contributed by atoms with Crippen LogP contribution in [0, 0.1) is 5.92 Å². The van der Waals surface area contributed by atoms with Crippen molar-refractivity contribution in [3.63, 3.8) is 0 Å². The summed E-state index contributed by atoms with van der Waals surface area (Å²) in [7, 11) is -3.75. The second kappa shape index (κ2) is 8.39.